The van der Waals surface area contributed by atoms with Crippen molar-refractivity contribution in [1.29, 1.82) is 0 Å². The van der Waals surface area contributed by atoms with Gasteiger partial charge in [0, 0.05) is 21.5 Å². The summed E-state index contributed by atoms with van der Waals surface area (Å²) in [6.07, 6.45) is 0.378. The van der Waals surface area contributed by atoms with Crippen molar-refractivity contribution in [2.24, 2.45) is 0 Å². The molecule has 88 valence electrons. The number of alkyl halides is 1. The van der Waals surface area contributed by atoms with Gasteiger partial charge >= 0.3 is 0 Å². The van der Waals surface area contributed by atoms with Crippen molar-refractivity contribution in [2.45, 2.75) is 6.42 Å². The van der Waals surface area contributed by atoms with Gasteiger partial charge in [-0.3, -0.25) is 0 Å². The van der Waals surface area contributed by atoms with Gasteiger partial charge in [0.1, 0.15) is 0 Å². The molecule has 1 aromatic carbocycles. The molecule has 1 aromatic rings. The van der Waals surface area contributed by atoms with Gasteiger partial charge < -0.3 is 0 Å². The predicted octanol–water partition coefficient (Wildman–Crippen LogP) is 6.12. The summed E-state index contributed by atoms with van der Waals surface area (Å²) in [6, 6.07) is 3.23. The van der Waals surface area contributed by atoms with Crippen molar-refractivity contribution in [3.8, 4) is 0 Å². The van der Waals surface area contributed by atoms with Gasteiger partial charge in [-0.2, -0.15) is 0 Å². The molecule has 0 saturated heterocycles. The molecule has 0 N–H and O–H groups in total. The van der Waals surface area contributed by atoms with Crippen LogP contribution in [0.3, 0.4) is 0 Å². The van der Waals surface area contributed by atoms with Crippen LogP contribution in [0.1, 0.15) is 5.56 Å². The smallest absolute Gasteiger partial charge is 0.0607 e. The molecule has 0 aliphatic carbocycles. The van der Waals surface area contributed by atoms with Crippen LogP contribution in [0.25, 0.3) is 0 Å². The quantitative estimate of drug-likeness (QED) is 0.460. The van der Waals surface area contributed by atoms with Gasteiger partial charge in [0.2, 0.25) is 0 Å². The van der Waals surface area contributed by atoms with Crippen molar-refractivity contribution in [3.63, 3.8) is 0 Å². The highest BCUT2D eigenvalue weighted by Gasteiger charge is 2.09. The second kappa shape index (κ2) is 6.58. The molecule has 0 aliphatic heterocycles. The maximum Gasteiger partial charge on any atom is 0.0607 e. The van der Waals surface area contributed by atoms with Crippen molar-refractivity contribution in [2.75, 3.05) is 5.88 Å². The minimum atomic E-state index is 0.166. The summed E-state index contributed by atoms with van der Waals surface area (Å²) >= 11 is 35.0. The Hall–Kier alpha value is 0.700. The van der Waals surface area contributed by atoms with Crippen LogP contribution in [-0.4, -0.2) is 5.88 Å². The third kappa shape index (κ3) is 3.87. The minimum absolute atomic E-state index is 0.166. The largest absolute Gasteiger partial charge is 0.121 e. The normalized spacial score (nSPS) is 12.6. The lowest BCUT2D eigenvalue weighted by atomic mass is 10.1. The molecule has 0 radical (unpaired) electrons. The zero-order valence-corrected chi connectivity index (χ0v) is 12.4. The van der Waals surface area contributed by atoms with Gasteiger partial charge in [-0.1, -0.05) is 58.0 Å². The molecular formula is C10H6Cl6. The second-order valence-electron chi connectivity index (χ2n) is 2.98. The van der Waals surface area contributed by atoms with E-state index in [4.69, 9.17) is 69.6 Å². The zero-order valence-electron chi connectivity index (χ0n) is 7.84. The van der Waals surface area contributed by atoms with E-state index in [9.17, 15) is 0 Å². The molecule has 6 heteroatoms. The molecule has 0 atom stereocenters. The highest BCUT2D eigenvalue weighted by atomic mass is 35.5. The lowest BCUT2D eigenvalue weighted by molar-refractivity contribution is 1.23. The van der Waals surface area contributed by atoms with Gasteiger partial charge in [0.15, 0.2) is 0 Å². The molecule has 0 bridgehead atoms. The number of rotatable bonds is 3. The molecule has 16 heavy (non-hydrogen) atoms. The average Bonchev–Trinajstić information content (AvgIpc) is 2.24. The average molecular weight is 339 g/mol. The highest BCUT2D eigenvalue weighted by Crippen LogP contribution is 2.31. The summed E-state index contributed by atoms with van der Waals surface area (Å²) in [5, 5.41) is 2.15. The van der Waals surface area contributed by atoms with Crippen molar-refractivity contribution in [3.05, 3.63) is 42.8 Å². The first kappa shape index (κ1) is 14.8. The SMILES string of the molecule is ClCC(Cl)=C(Cl)Cc1cc(Cl)c(Cl)cc1Cl. The van der Waals surface area contributed by atoms with Crippen LogP contribution in [0.5, 0.6) is 0 Å². The number of allylic oxidation sites excluding steroid dienone is 2. The fourth-order valence-corrected chi connectivity index (χ4v) is 2.18. The molecule has 0 aromatic heterocycles. The van der Waals surface area contributed by atoms with Crippen molar-refractivity contribution < 1.29 is 0 Å². The van der Waals surface area contributed by atoms with E-state index in [1.807, 2.05) is 0 Å². The van der Waals surface area contributed by atoms with E-state index in [-0.39, 0.29) is 5.88 Å². The van der Waals surface area contributed by atoms with E-state index in [0.29, 0.717) is 31.6 Å². The van der Waals surface area contributed by atoms with E-state index >= 15 is 0 Å². The lowest BCUT2D eigenvalue weighted by Crippen LogP contribution is -1.90. The van der Waals surface area contributed by atoms with Gasteiger partial charge in [-0.25, -0.2) is 0 Å². The fraction of sp³-hybridized carbons (Fsp3) is 0.200. The molecule has 0 saturated carbocycles. The molecule has 0 unspecified atom stereocenters. The third-order valence-electron chi connectivity index (χ3n) is 1.85. The monoisotopic (exact) mass is 336 g/mol. The van der Waals surface area contributed by atoms with Crippen molar-refractivity contribution in [1.82, 2.24) is 0 Å². The van der Waals surface area contributed by atoms with Crippen LogP contribution in [0, 0.1) is 0 Å². The van der Waals surface area contributed by atoms with Crippen LogP contribution >= 0.6 is 69.6 Å². The first-order valence-electron chi connectivity index (χ1n) is 4.18. The van der Waals surface area contributed by atoms with Crippen LogP contribution in [0.2, 0.25) is 15.1 Å². The Kier molecular flexibility index (Phi) is 6.07. The molecule has 0 spiro atoms. The fourth-order valence-electron chi connectivity index (χ4n) is 1.03. The maximum atomic E-state index is 5.99. The first-order valence-corrected chi connectivity index (χ1v) is 6.60. The highest BCUT2D eigenvalue weighted by molar-refractivity contribution is 6.44. The van der Waals surface area contributed by atoms with Gasteiger partial charge in [0.25, 0.3) is 0 Å². The molecule has 0 aliphatic rings. The van der Waals surface area contributed by atoms with Gasteiger partial charge in [-0.15, -0.1) is 11.6 Å². The zero-order chi connectivity index (χ0) is 12.3. The molecule has 0 nitrogen and oxygen atoms in total. The summed E-state index contributed by atoms with van der Waals surface area (Å²) in [4.78, 5) is 0. The number of halogens is 6. The number of benzene rings is 1. The Morgan fingerprint density at radius 3 is 2.00 bits per heavy atom. The second-order valence-corrected chi connectivity index (χ2v) is 5.38. The van der Waals surface area contributed by atoms with Crippen molar-refractivity contribution >= 4 is 69.6 Å². The van der Waals surface area contributed by atoms with Crippen LogP contribution in [-0.2, 0) is 6.42 Å². The summed E-state index contributed by atoms with van der Waals surface area (Å²) in [5.74, 6) is 0.166. The summed E-state index contributed by atoms with van der Waals surface area (Å²) in [5.41, 5.74) is 0.754. The number of hydrogen-bond acceptors (Lipinski definition) is 0. The lowest BCUT2D eigenvalue weighted by Gasteiger charge is -2.06. The third-order valence-corrected chi connectivity index (χ3v) is 4.14. The van der Waals surface area contributed by atoms with Gasteiger partial charge in [-0.05, 0) is 17.7 Å². The van der Waals surface area contributed by atoms with E-state index in [1.165, 1.54) is 0 Å². The maximum absolute atomic E-state index is 5.99. The summed E-state index contributed by atoms with van der Waals surface area (Å²) in [7, 11) is 0. The van der Waals surface area contributed by atoms with Crippen LogP contribution in [0.15, 0.2) is 22.2 Å². The van der Waals surface area contributed by atoms with Crippen LogP contribution < -0.4 is 0 Å². The van der Waals surface area contributed by atoms with E-state index in [0.717, 1.165) is 5.56 Å². The molecule has 1 rings (SSSR count). The summed E-state index contributed by atoms with van der Waals surface area (Å²) in [6.45, 7) is 0. The summed E-state index contributed by atoms with van der Waals surface area (Å²) < 4.78 is 0. The van der Waals surface area contributed by atoms with Crippen LogP contribution in [0.4, 0.5) is 0 Å². The molecule has 0 amide bonds. The van der Waals surface area contributed by atoms with E-state index in [1.54, 1.807) is 12.1 Å². The molecule has 0 heterocycles. The van der Waals surface area contributed by atoms with Gasteiger partial charge in [0.05, 0.1) is 15.9 Å². The Bertz CT molecular complexity index is 424. The number of hydrogen-bond donors (Lipinski definition) is 0. The van der Waals surface area contributed by atoms with E-state index in [2.05, 4.69) is 0 Å². The topological polar surface area (TPSA) is 0 Å². The Labute approximate surface area is 124 Å². The molecule has 0 fully saturated rings. The Morgan fingerprint density at radius 1 is 0.875 bits per heavy atom. The standard InChI is InChI=1S/C10H6Cl6/c11-4-10(16)8(14)2-5-1-7(13)9(15)3-6(5)12/h1,3H,2,4H2. The first-order chi connectivity index (χ1) is 7.45. The molecular weight excluding hydrogens is 333 g/mol. The predicted molar refractivity (Wildman–Crippen MR) is 74.6 cm³/mol. The Morgan fingerprint density at radius 2 is 1.44 bits per heavy atom. The van der Waals surface area contributed by atoms with E-state index < -0.39 is 0 Å². The minimum Gasteiger partial charge on any atom is -0.121 e. The Balaban J connectivity index is 3.03.